The van der Waals surface area contributed by atoms with Crippen LogP contribution < -0.4 is 4.74 Å². The molecule has 174 valence electrons. The summed E-state index contributed by atoms with van der Waals surface area (Å²) in [5.41, 5.74) is 1.03. The number of thiophene rings is 1. The lowest BCUT2D eigenvalue weighted by molar-refractivity contribution is -0.144. The summed E-state index contributed by atoms with van der Waals surface area (Å²) in [6.07, 6.45) is 1.56. The molecule has 2 heterocycles. The predicted octanol–water partition coefficient (Wildman–Crippen LogP) is 3.91. The average molecular weight is 463 g/mol. The zero-order valence-electron chi connectivity index (χ0n) is 18.9. The fraction of sp³-hybridized carbons (Fsp3) is 0.500. The van der Waals surface area contributed by atoms with E-state index in [0.29, 0.717) is 19.0 Å². The van der Waals surface area contributed by atoms with E-state index in [-0.39, 0.29) is 43.4 Å². The minimum absolute atomic E-state index is 0.00934. The molecule has 1 unspecified atom stereocenters. The smallest absolute Gasteiger partial charge is 0.249 e. The van der Waals surface area contributed by atoms with Crippen molar-refractivity contribution in [3.8, 4) is 5.75 Å². The lowest BCUT2D eigenvalue weighted by Crippen LogP contribution is -2.48. The Morgan fingerprint density at radius 3 is 2.78 bits per heavy atom. The minimum atomic E-state index is -0.434. The number of halogens is 1. The molecular weight excluding hydrogens is 431 g/mol. The second-order valence-corrected chi connectivity index (χ2v) is 9.32. The van der Waals surface area contributed by atoms with Crippen molar-refractivity contribution in [2.24, 2.45) is 5.92 Å². The number of rotatable bonds is 10. The van der Waals surface area contributed by atoms with E-state index in [1.807, 2.05) is 11.4 Å². The lowest BCUT2D eigenvalue weighted by atomic mass is 10.0. The van der Waals surface area contributed by atoms with Crippen molar-refractivity contribution in [1.82, 2.24) is 9.80 Å². The number of benzene rings is 1. The van der Waals surface area contributed by atoms with E-state index in [4.69, 9.17) is 9.47 Å². The minimum Gasteiger partial charge on any atom is -0.488 e. The molecule has 1 aromatic heterocycles. The summed E-state index contributed by atoms with van der Waals surface area (Å²) in [5.74, 6) is -0.202. The summed E-state index contributed by atoms with van der Waals surface area (Å²) in [4.78, 5) is 30.4. The van der Waals surface area contributed by atoms with Gasteiger partial charge in [0.25, 0.3) is 0 Å². The summed E-state index contributed by atoms with van der Waals surface area (Å²) >= 11 is 1.66. The average Bonchev–Trinajstić information content (AvgIpc) is 3.25. The van der Waals surface area contributed by atoms with Crippen molar-refractivity contribution in [1.29, 1.82) is 0 Å². The van der Waals surface area contributed by atoms with Crippen molar-refractivity contribution >= 4 is 23.2 Å². The number of fused-ring (bicyclic) bond motifs is 1. The highest BCUT2D eigenvalue weighted by Gasteiger charge is 2.33. The molecular formula is C24H31FN2O4S. The van der Waals surface area contributed by atoms with Crippen molar-refractivity contribution in [2.75, 3.05) is 40.0 Å². The van der Waals surface area contributed by atoms with Crippen LogP contribution in [0.3, 0.4) is 0 Å². The van der Waals surface area contributed by atoms with Crippen LogP contribution in [0.15, 0.2) is 35.7 Å². The third kappa shape index (κ3) is 6.07. The van der Waals surface area contributed by atoms with Crippen molar-refractivity contribution in [3.63, 3.8) is 0 Å². The molecule has 0 radical (unpaired) electrons. The fourth-order valence-corrected chi connectivity index (χ4v) is 4.71. The number of hydrogen-bond acceptors (Lipinski definition) is 5. The first-order valence-corrected chi connectivity index (χ1v) is 11.8. The highest BCUT2D eigenvalue weighted by molar-refractivity contribution is 7.10. The maximum atomic E-state index is 14.1. The van der Waals surface area contributed by atoms with Crippen LogP contribution in [-0.2, 0) is 20.7 Å². The van der Waals surface area contributed by atoms with E-state index < -0.39 is 5.82 Å². The van der Waals surface area contributed by atoms with Crippen molar-refractivity contribution in [3.05, 3.63) is 52.0 Å². The third-order valence-corrected chi connectivity index (χ3v) is 6.57. The number of amides is 2. The Balaban J connectivity index is 1.76. The highest BCUT2D eigenvalue weighted by Crippen LogP contribution is 2.34. The van der Waals surface area contributed by atoms with Gasteiger partial charge in [0.05, 0.1) is 12.6 Å². The van der Waals surface area contributed by atoms with Gasteiger partial charge in [-0.05, 0) is 47.9 Å². The fourth-order valence-electron chi connectivity index (χ4n) is 3.78. The number of ether oxygens (including phenoxy) is 2. The van der Waals surface area contributed by atoms with Crippen LogP contribution in [-0.4, -0.2) is 61.6 Å². The monoisotopic (exact) mass is 462 g/mol. The van der Waals surface area contributed by atoms with Gasteiger partial charge in [0.2, 0.25) is 11.8 Å². The molecule has 0 aliphatic carbocycles. The van der Waals surface area contributed by atoms with Crippen LogP contribution in [0.4, 0.5) is 4.39 Å². The Bertz CT molecular complexity index is 917. The van der Waals surface area contributed by atoms with Gasteiger partial charge in [-0.1, -0.05) is 26.0 Å². The SMILES string of the molecule is COCC(=O)N(CCC(C)C)CC(=O)N1CCc2sccc2C1COc1ccccc1F. The molecule has 32 heavy (non-hydrogen) atoms. The Morgan fingerprint density at radius 2 is 2.06 bits per heavy atom. The first-order valence-electron chi connectivity index (χ1n) is 10.9. The Kier molecular flexibility index (Phi) is 8.64. The number of methoxy groups -OCH3 is 1. The zero-order chi connectivity index (χ0) is 23.1. The Hall–Kier alpha value is -2.45. The molecule has 1 aliphatic rings. The quantitative estimate of drug-likeness (QED) is 0.537. The molecule has 1 aliphatic heterocycles. The molecule has 0 bridgehead atoms. The molecule has 0 saturated heterocycles. The van der Waals surface area contributed by atoms with E-state index in [1.165, 1.54) is 18.1 Å². The normalized spacial score (nSPS) is 15.5. The van der Waals surface area contributed by atoms with Gasteiger partial charge in [-0.2, -0.15) is 0 Å². The lowest BCUT2D eigenvalue weighted by Gasteiger charge is -2.37. The van der Waals surface area contributed by atoms with Crippen molar-refractivity contribution in [2.45, 2.75) is 32.7 Å². The van der Waals surface area contributed by atoms with Gasteiger partial charge in [-0.15, -0.1) is 11.3 Å². The van der Waals surface area contributed by atoms with Gasteiger partial charge in [0.1, 0.15) is 13.2 Å². The number of hydrogen-bond donors (Lipinski definition) is 0. The van der Waals surface area contributed by atoms with E-state index in [2.05, 4.69) is 13.8 Å². The largest absolute Gasteiger partial charge is 0.488 e. The van der Waals surface area contributed by atoms with E-state index in [9.17, 15) is 14.0 Å². The van der Waals surface area contributed by atoms with Crippen LogP contribution in [0.2, 0.25) is 0 Å². The molecule has 8 heteroatoms. The molecule has 2 aromatic rings. The topological polar surface area (TPSA) is 59.1 Å². The molecule has 0 fully saturated rings. The van der Waals surface area contributed by atoms with E-state index in [0.717, 1.165) is 18.4 Å². The van der Waals surface area contributed by atoms with Gasteiger partial charge in [-0.3, -0.25) is 9.59 Å². The molecule has 0 spiro atoms. The number of para-hydroxylation sites is 1. The molecule has 0 N–H and O–H groups in total. The molecule has 1 atom stereocenters. The standard InChI is InChI=1S/C24H31FN2O4S/c1-17(2)8-11-26(24(29)16-30-3)14-23(28)27-12-9-22-18(10-13-32-22)20(27)15-31-21-7-5-4-6-19(21)25/h4-7,10,13,17,20H,8-9,11-12,14-16H2,1-3H3. The number of carbonyl (C=O) groups excluding carboxylic acids is 2. The first-order chi connectivity index (χ1) is 15.4. The van der Waals surface area contributed by atoms with E-state index >= 15 is 0 Å². The third-order valence-electron chi connectivity index (χ3n) is 5.57. The first kappa shape index (κ1) is 24.2. The maximum Gasteiger partial charge on any atom is 0.249 e. The highest BCUT2D eigenvalue weighted by atomic mass is 32.1. The van der Waals surface area contributed by atoms with E-state index in [1.54, 1.807) is 39.3 Å². The summed E-state index contributed by atoms with van der Waals surface area (Å²) < 4.78 is 24.9. The predicted molar refractivity (Wildman–Crippen MR) is 122 cm³/mol. The Morgan fingerprint density at radius 1 is 1.28 bits per heavy atom. The van der Waals surface area contributed by atoms with Crippen LogP contribution in [0, 0.1) is 11.7 Å². The zero-order valence-corrected chi connectivity index (χ0v) is 19.7. The van der Waals surface area contributed by atoms with Crippen LogP contribution in [0.5, 0.6) is 5.75 Å². The van der Waals surface area contributed by atoms with Crippen LogP contribution >= 0.6 is 11.3 Å². The van der Waals surface area contributed by atoms with Crippen LogP contribution in [0.25, 0.3) is 0 Å². The molecule has 1 aromatic carbocycles. The number of nitrogens with zero attached hydrogens (tertiary/aromatic N) is 2. The summed E-state index contributed by atoms with van der Waals surface area (Å²) in [6.45, 7) is 5.28. The second kappa shape index (κ2) is 11.4. The van der Waals surface area contributed by atoms with Gasteiger partial charge < -0.3 is 19.3 Å². The Labute approximate surface area is 192 Å². The van der Waals surface area contributed by atoms with Crippen LogP contribution in [0.1, 0.15) is 36.8 Å². The number of carbonyl (C=O) groups is 2. The van der Waals surface area contributed by atoms with Gasteiger partial charge in [0.15, 0.2) is 11.6 Å². The summed E-state index contributed by atoms with van der Waals surface area (Å²) in [6, 6.07) is 7.92. The maximum absolute atomic E-state index is 14.1. The molecule has 2 amide bonds. The molecule has 3 rings (SSSR count). The van der Waals surface area contributed by atoms with Crippen molar-refractivity contribution < 1.29 is 23.5 Å². The summed E-state index contributed by atoms with van der Waals surface area (Å²) in [7, 11) is 1.47. The van der Waals surface area contributed by atoms with Gasteiger partial charge >= 0.3 is 0 Å². The molecule has 0 saturated carbocycles. The summed E-state index contributed by atoms with van der Waals surface area (Å²) in [5, 5.41) is 2.01. The van der Waals surface area contributed by atoms with Gasteiger partial charge in [0, 0.05) is 25.1 Å². The van der Waals surface area contributed by atoms with Gasteiger partial charge in [-0.25, -0.2) is 4.39 Å². The second-order valence-electron chi connectivity index (χ2n) is 8.32. The molecule has 6 nitrogen and oxygen atoms in total.